The van der Waals surface area contributed by atoms with Crippen molar-refractivity contribution in [1.29, 1.82) is 0 Å². The zero-order chi connectivity index (χ0) is 8.85. The molecular formula is C7H12N2O2. The first-order valence-corrected chi connectivity index (χ1v) is 3.13. The van der Waals surface area contributed by atoms with Crippen LogP contribution in [0.15, 0.2) is 11.9 Å². The van der Waals surface area contributed by atoms with Gasteiger partial charge in [0.1, 0.15) is 0 Å². The molecule has 4 nitrogen and oxygen atoms in total. The van der Waals surface area contributed by atoms with Crippen LogP contribution in [-0.4, -0.2) is 43.6 Å². The maximum absolute atomic E-state index is 10.3. The standard InChI is InChI=1S/C7H12N2O2/c1-8(2)4-7(5-10)9(3)6-11/h4-6H,1-3H3/b7-4+. The first kappa shape index (κ1) is 9.68. The van der Waals surface area contributed by atoms with Crippen LogP contribution in [0.1, 0.15) is 0 Å². The predicted molar refractivity (Wildman–Crippen MR) is 41.7 cm³/mol. The third-order valence-corrected chi connectivity index (χ3v) is 1.08. The minimum Gasteiger partial charge on any atom is -0.382 e. The lowest BCUT2D eigenvalue weighted by Gasteiger charge is -2.12. The molecule has 62 valence electrons. The van der Waals surface area contributed by atoms with Gasteiger partial charge in [0.25, 0.3) is 0 Å². The van der Waals surface area contributed by atoms with E-state index in [4.69, 9.17) is 0 Å². The Morgan fingerprint density at radius 2 is 1.73 bits per heavy atom. The van der Waals surface area contributed by atoms with Crippen LogP contribution in [0, 0.1) is 0 Å². The van der Waals surface area contributed by atoms with Gasteiger partial charge in [0.2, 0.25) is 6.41 Å². The SMILES string of the molecule is CN(C)/C=C(\C=O)N(C)C=O. The molecule has 0 aliphatic carbocycles. The number of allylic oxidation sites excluding steroid dienone is 1. The van der Waals surface area contributed by atoms with Gasteiger partial charge in [0, 0.05) is 27.3 Å². The monoisotopic (exact) mass is 156 g/mol. The molecule has 0 fully saturated rings. The molecule has 0 aromatic heterocycles. The topological polar surface area (TPSA) is 40.6 Å². The van der Waals surface area contributed by atoms with Crippen molar-refractivity contribution in [3.63, 3.8) is 0 Å². The number of carbonyl (C=O) groups excluding carboxylic acids is 2. The Kier molecular flexibility index (Phi) is 3.95. The van der Waals surface area contributed by atoms with E-state index in [1.807, 2.05) is 0 Å². The summed E-state index contributed by atoms with van der Waals surface area (Å²) in [6.45, 7) is 0. The minimum atomic E-state index is 0.338. The van der Waals surface area contributed by atoms with E-state index in [1.54, 1.807) is 25.2 Å². The fraction of sp³-hybridized carbons (Fsp3) is 0.429. The summed E-state index contributed by atoms with van der Waals surface area (Å²) in [4.78, 5) is 23.5. The Bertz CT molecular complexity index is 175. The quantitative estimate of drug-likeness (QED) is 0.413. The van der Waals surface area contributed by atoms with Crippen molar-refractivity contribution < 1.29 is 9.59 Å². The fourth-order valence-electron chi connectivity index (χ4n) is 0.530. The van der Waals surface area contributed by atoms with Crippen molar-refractivity contribution in [3.8, 4) is 0 Å². The molecule has 11 heavy (non-hydrogen) atoms. The normalized spacial score (nSPS) is 10.6. The highest BCUT2D eigenvalue weighted by molar-refractivity contribution is 5.76. The van der Waals surface area contributed by atoms with E-state index >= 15 is 0 Å². The van der Waals surface area contributed by atoms with E-state index < -0.39 is 0 Å². The molecule has 0 heterocycles. The lowest BCUT2D eigenvalue weighted by Crippen LogP contribution is -2.18. The van der Waals surface area contributed by atoms with Crippen molar-refractivity contribution in [2.45, 2.75) is 0 Å². The van der Waals surface area contributed by atoms with Crippen molar-refractivity contribution in [3.05, 3.63) is 11.9 Å². The first-order valence-electron chi connectivity index (χ1n) is 3.13. The molecule has 0 bridgehead atoms. The number of likely N-dealkylation sites (N-methyl/N-ethyl adjacent to an activating group) is 1. The Balaban J connectivity index is 4.38. The Morgan fingerprint density at radius 3 is 2.00 bits per heavy atom. The van der Waals surface area contributed by atoms with E-state index in [0.717, 1.165) is 0 Å². The van der Waals surface area contributed by atoms with E-state index in [2.05, 4.69) is 0 Å². The van der Waals surface area contributed by atoms with Gasteiger partial charge in [0.05, 0.1) is 5.70 Å². The van der Waals surface area contributed by atoms with Gasteiger partial charge < -0.3 is 9.80 Å². The summed E-state index contributed by atoms with van der Waals surface area (Å²) >= 11 is 0. The van der Waals surface area contributed by atoms with Crippen LogP contribution >= 0.6 is 0 Å². The molecule has 0 radical (unpaired) electrons. The van der Waals surface area contributed by atoms with Crippen molar-refractivity contribution in [1.82, 2.24) is 9.80 Å². The van der Waals surface area contributed by atoms with Crippen molar-refractivity contribution >= 4 is 12.7 Å². The van der Waals surface area contributed by atoms with Crippen LogP contribution < -0.4 is 0 Å². The average Bonchev–Trinajstić information content (AvgIpc) is 1.98. The molecule has 0 rings (SSSR count). The maximum Gasteiger partial charge on any atom is 0.214 e. The van der Waals surface area contributed by atoms with Gasteiger partial charge in [0.15, 0.2) is 6.29 Å². The van der Waals surface area contributed by atoms with Gasteiger partial charge in [-0.25, -0.2) is 0 Å². The summed E-state index contributed by atoms with van der Waals surface area (Å²) in [6, 6.07) is 0. The lowest BCUT2D eigenvalue weighted by atomic mass is 10.4. The highest BCUT2D eigenvalue weighted by Gasteiger charge is 2.00. The Morgan fingerprint density at radius 1 is 1.18 bits per heavy atom. The molecule has 0 saturated heterocycles. The van der Waals surface area contributed by atoms with E-state index in [9.17, 15) is 9.59 Å². The van der Waals surface area contributed by atoms with Gasteiger partial charge in [-0.2, -0.15) is 0 Å². The number of rotatable bonds is 4. The van der Waals surface area contributed by atoms with Crippen molar-refractivity contribution in [2.24, 2.45) is 0 Å². The van der Waals surface area contributed by atoms with Crippen LogP contribution in [-0.2, 0) is 9.59 Å². The van der Waals surface area contributed by atoms with Gasteiger partial charge in [-0.1, -0.05) is 0 Å². The van der Waals surface area contributed by atoms with Crippen LogP contribution in [0.5, 0.6) is 0 Å². The smallest absolute Gasteiger partial charge is 0.214 e. The molecule has 0 aromatic rings. The predicted octanol–water partition coefficient (Wildman–Crippen LogP) is -0.324. The zero-order valence-corrected chi connectivity index (χ0v) is 6.94. The van der Waals surface area contributed by atoms with Gasteiger partial charge in [-0.05, 0) is 0 Å². The number of nitrogens with zero attached hydrogens (tertiary/aromatic N) is 2. The molecule has 0 spiro atoms. The van der Waals surface area contributed by atoms with Crippen LogP contribution in [0.25, 0.3) is 0 Å². The van der Waals surface area contributed by atoms with Crippen LogP contribution in [0.2, 0.25) is 0 Å². The van der Waals surface area contributed by atoms with E-state index in [1.165, 1.54) is 11.9 Å². The number of hydrogen-bond acceptors (Lipinski definition) is 3. The largest absolute Gasteiger partial charge is 0.382 e. The molecule has 0 atom stereocenters. The number of amides is 1. The van der Waals surface area contributed by atoms with Crippen LogP contribution in [0.3, 0.4) is 0 Å². The van der Waals surface area contributed by atoms with E-state index in [0.29, 0.717) is 18.4 Å². The number of hydrogen-bond donors (Lipinski definition) is 0. The molecule has 0 unspecified atom stereocenters. The fourth-order valence-corrected chi connectivity index (χ4v) is 0.530. The molecule has 0 saturated carbocycles. The number of aldehydes is 1. The second-order valence-electron chi connectivity index (χ2n) is 2.35. The van der Waals surface area contributed by atoms with Gasteiger partial charge in [-0.3, -0.25) is 9.59 Å². The first-order chi connectivity index (χ1) is 5.11. The molecule has 0 aromatic carbocycles. The summed E-state index contributed by atoms with van der Waals surface area (Å²) in [5.41, 5.74) is 0.338. The second-order valence-corrected chi connectivity index (χ2v) is 2.35. The zero-order valence-electron chi connectivity index (χ0n) is 6.94. The third-order valence-electron chi connectivity index (χ3n) is 1.08. The molecular weight excluding hydrogens is 144 g/mol. The molecule has 1 amide bonds. The highest BCUT2D eigenvalue weighted by atomic mass is 16.1. The van der Waals surface area contributed by atoms with Crippen LogP contribution in [0.4, 0.5) is 0 Å². The highest BCUT2D eigenvalue weighted by Crippen LogP contribution is 1.94. The molecule has 0 aliphatic rings. The lowest BCUT2D eigenvalue weighted by molar-refractivity contribution is -0.118. The van der Waals surface area contributed by atoms with Gasteiger partial charge >= 0.3 is 0 Å². The number of carbonyl (C=O) groups is 2. The summed E-state index contributed by atoms with van der Waals surface area (Å²) in [6.07, 6.45) is 2.79. The Hall–Kier alpha value is -1.32. The third kappa shape index (κ3) is 3.40. The maximum atomic E-state index is 10.3. The van der Waals surface area contributed by atoms with E-state index in [-0.39, 0.29) is 0 Å². The molecule has 0 aliphatic heterocycles. The summed E-state index contributed by atoms with van der Waals surface area (Å²) in [5.74, 6) is 0. The molecule has 0 N–H and O–H groups in total. The summed E-state index contributed by atoms with van der Waals surface area (Å²) in [7, 11) is 5.08. The summed E-state index contributed by atoms with van der Waals surface area (Å²) < 4.78 is 0. The molecule has 4 heteroatoms. The van der Waals surface area contributed by atoms with Gasteiger partial charge in [-0.15, -0.1) is 0 Å². The average molecular weight is 156 g/mol. The second kappa shape index (κ2) is 4.49. The van der Waals surface area contributed by atoms with Crippen molar-refractivity contribution in [2.75, 3.05) is 21.1 Å². The summed E-state index contributed by atoms with van der Waals surface area (Å²) in [5, 5.41) is 0. The Labute approximate surface area is 66.1 Å². The minimum absolute atomic E-state index is 0.338.